The number of aliphatic hydroxyl groups is 1. The molecule has 8 heteroatoms. The molecule has 1 unspecified atom stereocenters. The number of nitrogens with one attached hydrogen (secondary N) is 2. The van der Waals surface area contributed by atoms with Crippen molar-refractivity contribution in [2.75, 3.05) is 33.0 Å². The van der Waals surface area contributed by atoms with Crippen molar-refractivity contribution in [1.82, 2.24) is 15.7 Å². The highest BCUT2D eigenvalue weighted by Crippen LogP contribution is 2.24. The zero-order chi connectivity index (χ0) is 24.6. The summed E-state index contributed by atoms with van der Waals surface area (Å²) in [7, 11) is 0. The first-order chi connectivity index (χ1) is 16.3. The number of halogens is 1. The zero-order valence-electron chi connectivity index (χ0n) is 19.6. The highest BCUT2D eigenvalue weighted by atomic mass is 19.1. The first kappa shape index (κ1) is 25.8. The van der Waals surface area contributed by atoms with Crippen LogP contribution in [0.1, 0.15) is 36.1 Å². The lowest BCUT2D eigenvalue weighted by Gasteiger charge is -2.39. The molecule has 0 bridgehead atoms. The summed E-state index contributed by atoms with van der Waals surface area (Å²) in [4.78, 5) is 14.5. The van der Waals surface area contributed by atoms with Gasteiger partial charge >= 0.3 is 0 Å². The van der Waals surface area contributed by atoms with Crippen molar-refractivity contribution < 1.29 is 24.2 Å². The molecule has 4 N–H and O–H groups in total. The van der Waals surface area contributed by atoms with E-state index in [9.17, 15) is 14.3 Å². The first-order valence-corrected chi connectivity index (χ1v) is 11.3. The van der Waals surface area contributed by atoms with Crippen molar-refractivity contribution in [3.05, 3.63) is 70.8 Å². The van der Waals surface area contributed by atoms with Crippen molar-refractivity contribution in [2.24, 2.45) is 0 Å². The molecule has 182 valence electrons. The number of hydrogen-bond donors (Lipinski definition) is 4. The Bertz CT molecular complexity index is 1010. The number of hydroxylamine groups is 1. The Kier molecular flexibility index (Phi) is 8.78. The molecule has 1 aliphatic heterocycles. The Balaban J connectivity index is 1.59. The van der Waals surface area contributed by atoms with Gasteiger partial charge in [-0.15, -0.1) is 0 Å². The Morgan fingerprint density at radius 1 is 1.03 bits per heavy atom. The highest BCUT2D eigenvalue weighted by Gasteiger charge is 2.49. The summed E-state index contributed by atoms with van der Waals surface area (Å²) in [6, 6.07) is 15.6. The Morgan fingerprint density at radius 3 is 2.06 bits per heavy atom. The fraction of sp³-hybridized carbons (Fsp3) is 0.423. The van der Waals surface area contributed by atoms with E-state index >= 15 is 0 Å². The van der Waals surface area contributed by atoms with Gasteiger partial charge in [-0.2, -0.15) is 0 Å². The number of ether oxygens (including phenoxy) is 1. The predicted octanol–water partition coefficient (Wildman–Crippen LogP) is 1.99. The molecule has 1 saturated heterocycles. The van der Waals surface area contributed by atoms with Gasteiger partial charge in [-0.3, -0.25) is 20.2 Å². The van der Waals surface area contributed by atoms with Crippen LogP contribution in [0.25, 0.3) is 0 Å². The van der Waals surface area contributed by atoms with E-state index in [0.29, 0.717) is 0 Å². The lowest BCUT2D eigenvalue weighted by atomic mass is 9.82. The molecular formula is C26H32FN3O4. The number of hydrogen-bond acceptors (Lipinski definition) is 6. The van der Waals surface area contributed by atoms with E-state index in [4.69, 9.17) is 9.94 Å². The van der Waals surface area contributed by atoms with Gasteiger partial charge in [0.25, 0.3) is 5.91 Å². The van der Waals surface area contributed by atoms with Gasteiger partial charge in [-0.1, -0.05) is 36.1 Å². The van der Waals surface area contributed by atoms with Gasteiger partial charge in [0, 0.05) is 37.3 Å². The molecule has 7 nitrogen and oxygen atoms in total. The second kappa shape index (κ2) is 11.6. The summed E-state index contributed by atoms with van der Waals surface area (Å²) < 4.78 is 18.7. The van der Waals surface area contributed by atoms with E-state index in [1.54, 1.807) is 0 Å². The van der Waals surface area contributed by atoms with Crippen molar-refractivity contribution in [1.29, 1.82) is 0 Å². The summed E-state index contributed by atoms with van der Waals surface area (Å²) in [6.45, 7) is 5.94. The SMILES string of the molecule is CC(NCc1ccc(C#Cc2ccc(CN3CCOCC3)cc2)cc1)(C(=O)NO)[C@](C)(O)CF. The number of morpholine rings is 1. The number of benzene rings is 2. The van der Waals surface area contributed by atoms with E-state index in [0.717, 1.165) is 49.5 Å². The maximum absolute atomic E-state index is 13.3. The lowest BCUT2D eigenvalue weighted by Crippen LogP contribution is -2.68. The minimum atomic E-state index is -2.01. The molecule has 1 fully saturated rings. The molecule has 3 rings (SSSR count). The summed E-state index contributed by atoms with van der Waals surface area (Å²) in [6.07, 6.45) is 0. The molecule has 34 heavy (non-hydrogen) atoms. The van der Waals surface area contributed by atoms with Crippen molar-refractivity contribution in [2.45, 2.75) is 38.1 Å². The normalized spacial score (nSPS) is 17.7. The minimum absolute atomic E-state index is 0.179. The molecule has 2 atom stereocenters. The topological polar surface area (TPSA) is 94.1 Å². The number of alkyl halides is 1. The van der Waals surface area contributed by atoms with Gasteiger partial charge in [-0.25, -0.2) is 9.87 Å². The average Bonchev–Trinajstić information content (AvgIpc) is 2.87. The number of amides is 1. The fourth-order valence-electron chi connectivity index (χ4n) is 3.60. The number of nitrogens with zero attached hydrogens (tertiary/aromatic N) is 1. The highest BCUT2D eigenvalue weighted by molar-refractivity contribution is 5.86. The van der Waals surface area contributed by atoms with E-state index in [-0.39, 0.29) is 6.54 Å². The van der Waals surface area contributed by atoms with Crippen LogP contribution in [0, 0.1) is 11.8 Å². The quantitative estimate of drug-likeness (QED) is 0.268. The Labute approximate surface area is 199 Å². The molecular weight excluding hydrogens is 437 g/mol. The summed E-state index contributed by atoms with van der Waals surface area (Å²) >= 11 is 0. The van der Waals surface area contributed by atoms with E-state index in [1.807, 2.05) is 36.4 Å². The molecule has 0 aromatic heterocycles. The van der Waals surface area contributed by atoms with E-state index < -0.39 is 23.7 Å². The second-order valence-corrected chi connectivity index (χ2v) is 8.86. The third-order valence-corrected chi connectivity index (χ3v) is 6.31. The monoisotopic (exact) mass is 469 g/mol. The molecule has 1 aliphatic rings. The predicted molar refractivity (Wildman–Crippen MR) is 127 cm³/mol. The van der Waals surface area contributed by atoms with Crippen molar-refractivity contribution in [3.63, 3.8) is 0 Å². The van der Waals surface area contributed by atoms with Gasteiger partial charge in [0.05, 0.1) is 13.2 Å². The number of carbonyl (C=O) groups is 1. The molecule has 2 aromatic rings. The largest absolute Gasteiger partial charge is 0.385 e. The third-order valence-electron chi connectivity index (χ3n) is 6.31. The van der Waals surface area contributed by atoms with Crippen LogP contribution in [-0.4, -0.2) is 65.2 Å². The van der Waals surface area contributed by atoms with Crippen molar-refractivity contribution >= 4 is 5.91 Å². The van der Waals surface area contributed by atoms with Crippen LogP contribution in [0.2, 0.25) is 0 Å². The summed E-state index contributed by atoms with van der Waals surface area (Å²) in [5, 5.41) is 22.2. The van der Waals surface area contributed by atoms with Crippen LogP contribution in [0.3, 0.4) is 0 Å². The van der Waals surface area contributed by atoms with E-state index in [2.05, 4.69) is 34.2 Å². The van der Waals surface area contributed by atoms with Crippen LogP contribution in [-0.2, 0) is 22.6 Å². The smallest absolute Gasteiger partial charge is 0.266 e. The number of rotatable bonds is 8. The molecule has 0 spiro atoms. The molecule has 0 saturated carbocycles. The van der Waals surface area contributed by atoms with E-state index in [1.165, 1.54) is 24.9 Å². The standard InChI is InChI=1S/C26H32FN3O4/c1-25(32,19-27)26(2,24(31)29-33)28-17-22-9-5-20(6-10-22)3-4-21-7-11-23(12-8-21)18-30-13-15-34-16-14-30/h5-12,28,32-33H,13-19H2,1-2H3,(H,29,31)/t25-,26?/m1/s1. The minimum Gasteiger partial charge on any atom is -0.385 e. The summed E-state index contributed by atoms with van der Waals surface area (Å²) in [5.74, 6) is 5.38. The first-order valence-electron chi connectivity index (χ1n) is 11.3. The van der Waals surface area contributed by atoms with Crippen LogP contribution in [0.15, 0.2) is 48.5 Å². The van der Waals surface area contributed by atoms with Gasteiger partial charge < -0.3 is 9.84 Å². The number of carbonyl (C=O) groups excluding carboxylic acids is 1. The Hall–Kier alpha value is -2.80. The molecule has 1 amide bonds. The zero-order valence-corrected chi connectivity index (χ0v) is 19.6. The van der Waals surface area contributed by atoms with Gasteiger partial charge in [0.2, 0.25) is 0 Å². The van der Waals surface area contributed by atoms with Gasteiger partial charge in [-0.05, 0) is 49.2 Å². The molecule has 0 aliphatic carbocycles. The van der Waals surface area contributed by atoms with Crippen LogP contribution in [0.5, 0.6) is 0 Å². The second-order valence-electron chi connectivity index (χ2n) is 8.86. The third kappa shape index (κ3) is 6.41. The van der Waals surface area contributed by atoms with Crippen LogP contribution < -0.4 is 10.8 Å². The lowest BCUT2D eigenvalue weighted by molar-refractivity contribution is -0.148. The maximum atomic E-state index is 13.3. The average molecular weight is 470 g/mol. The van der Waals surface area contributed by atoms with Gasteiger partial charge in [0.1, 0.15) is 17.8 Å². The fourth-order valence-corrected chi connectivity index (χ4v) is 3.60. The van der Waals surface area contributed by atoms with Gasteiger partial charge in [0.15, 0.2) is 0 Å². The maximum Gasteiger partial charge on any atom is 0.266 e. The summed E-state index contributed by atoms with van der Waals surface area (Å²) in [5.41, 5.74) is 1.56. The molecule has 2 aromatic carbocycles. The Morgan fingerprint density at radius 2 is 1.56 bits per heavy atom. The van der Waals surface area contributed by atoms with Crippen molar-refractivity contribution in [3.8, 4) is 11.8 Å². The molecule has 0 radical (unpaired) electrons. The molecule has 1 heterocycles. The van der Waals surface area contributed by atoms with Crippen LogP contribution in [0.4, 0.5) is 4.39 Å². The van der Waals surface area contributed by atoms with Crippen LogP contribution >= 0.6 is 0 Å².